The van der Waals surface area contributed by atoms with Crippen LogP contribution in [0.1, 0.15) is 48.9 Å². The summed E-state index contributed by atoms with van der Waals surface area (Å²) in [6.07, 6.45) is 3.59. The first-order valence-corrected chi connectivity index (χ1v) is 14.4. The van der Waals surface area contributed by atoms with Crippen LogP contribution in [0.15, 0.2) is 35.2 Å². The Bertz CT molecular complexity index is 1270. The van der Waals surface area contributed by atoms with Gasteiger partial charge in [-0.05, 0) is 68.6 Å². The van der Waals surface area contributed by atoms with Crippen molar-refractivity contribution in [2.75, 3.05) is 24.3 Å². The number of nitrogens with one attached hydrogen (secondary N) is 1. The molecule has 2 aromatic carbocycles. The predicted molar refractivity (Wildman–Crippen MR) is 134 cm³/mol. The van der Waals surface area contributed by atoms with Crippen molar-refractivity contribution < 1.29 is 41.3 Å². The van der Waals surface area contributed by atoms with Crippen molar-refractivity contribution in [2.24, 2.45) is 11.8 Å². The van der Waals surface area contributed by atoms with Crippen molar-refractivity contribution >= 4 is 33.0 Å². The van der Waals surface area contributed by atoms with E-state index in [0.717, 1.165) is 18.9 Å². The third kappa shape index (κ3) is 6.34. The number of sulfone groups is 1. The number of fused-ring (bicyclic) bond motifs is 2. The maximum absolute atomic E-state index is 13.4. The van der Waals surface area contributed by atoms with Gasteiger partial charge in [0.15, 0.2) is 27.3 Å². The Balaban J connectivity index is 1.32. The van der Waals surface area contributed by atoms with Gasteiger partial charge in [0.2, 0.25) is 0 Å². The Hall–Kier alpha value is -2.18. The van der Waals surface area contributed by atoms with Crippen molar-refractivity contribution in [1.82, 2.24) is 0 Å². The standard InChI is InChI=1S/C26H29ClF3NO6S/c27-19-6-5-15(25(33)31-18-10-20(28)23(30)21(29)11-18)9-22(19)38(35,36)8-2-1-7-37-24-16-3-4-17(24)13-26(34,12-16)14-32/h5-6,9-11,16-17,24,32,34H,1-4,7-8,12-14H2,(H,31,33)/t16-,17?,24+,26+/m0/s1. The predicted octanol–water partition coefficient (Wildman–Crippen LogP) is 4.49. The number of carbonyl (C=O) groups is 1. The van der Waals surface area contributed by atoms with Crippen molar-refractivity contribution in [3.8, 4) is 0 Å². The van der Waals surface area contributed by atoms with Gasteiger partial charge in [0.05, 0.1) is 34.0 Å². The summed E-state index contributed by atoms with van der Waals surface area (Å²) in [5, 5.41) is 22.0. The Kier molecular flexibility index (Phi) is 8.73. The molecule has 2 fully saturated rings. The summed E-state index contributed by atoms with van der Waals surface area (Å²) in [6, 6.07) is 4.80. The Labute approximate surface area is 223 Å². The largest absolute Gasteiger partial charge is 0.393 e. The highest BCUT2D eigenvalue weighted by Crippen LogP contribution is 2.48. The molecule has 1 unspecified atom stereocenters. The van der Waals surface area contributed by atoms with Gasteiger partial charge in [-0.1, -0.05) is 11.6 Å². The van der Waals surface area contributed by atoms with Gasteiger partial charge >= 0.3 is 0 Å². The van der Waals surface area contributed by atoms with Gasteiger partial charge in [0.1, 0.15) is 0 Å². The van der Waals surface area contributed by atoms with Gasteiger partial charge in [0, 0.05) is 30.0 Å². The second kappa shape index (κ2) is 11.5. The van der Waals surface area contributed by atoms with Gasteiger partial charge in [-0.3, -0.25) is 4.79 Å². The topological polar surface area (TPSA) is 113 Å². The van der Waals surface area contributed by atoms with Crippen LogP contribution in [0.4, 0.5) is 18.9 Å². The molecule has 2 aliphatic rings. The molecule has 4 rings (SSSR count). The lowest BCUT2D eigenvalue weighted by molar-refractivity contribution is -0.116. The number of amides is 1. The zero-order valence-electron chi connectivity index (χ0n) is 20.4. The number of halogens is 4. The summed E-state index contributed by atoms with van der Waals surface area (Å²) >= 11 is 6.11. The first-order valence-electron chi connectivity index (χ1n) is 12.4. The fourth-order valence-corrected chi connectivity index (χ4v) is 7.42. The van der Waals surface area contributed by atoms with Crippen molar-refractivity contribution in [3.05, 3.63) is 58.4 Å². The van der Waals surface area contributed by atoms with Gasteiger partial charge in [-0.2, -0.15) is 0 Å². The quantitative estimate of drug-likeness (QED) is 0.284. The van der Waals surface area contributed by atoms with Crippen LogP contribution in [0.3, 0.4) is 0 Å². The van der Waals surface area contributed by atoms with Crippen LogP contribution >= 0.6 is 11.6 Å². The molecular weight excluding hydrogens is 547 g/mol. The summed E-state index contributed by atoms with van der Waals surface area (Å²) in [6.45, 7) is 0.0883. The maximum atomic E-state index is 13.4. The van der Waals surface area contributed by atoms with Crippen LogP contribution in [-0.2, 0) is 14.6 Å². The van der Waals surface area contributed by atoms with E-state index in [9.17, 15) is 36.6 Å². The van der Waals surface area contributed by atoms with E-state index in [1.165, 1.54) is 12.1 Å². The summed E-state index contributed by atoms with van der Waals surface area (Å²) in [5.41, 5.74) is -1.49. The molecule has 0 heterocycles. The van der Waals surface area contributed by atoms with E-state index < -0.39 is 38.8 Å². The highest BCUT2D eigenvalue weighted by atomic mass is 35.5. The molecule has 0 aliphatic heterocycles. The van der Waals surface area contributed by atoms with Crippen molar-refractivity contribution in [3.63, 3.8) is 0 Å². The average molecular weight is 576 g/mol. The number of benzene rings is 2. The Morgan fingerprint density at radius 3 is 2.32 bits per heavy atom. The summed E-state index contributed by atoms with van der Waals surface area (Å²) < 4.78 is 72.0. The van der Waals surface area contributed by atoms with E-state index in [0.29, 0.717) is 38.0 Å². The molecule has 2 saturated carbocycles. The molecule has 2 aromatic rings. The molecule has 3 N–H and O–H groups in total. The van der Waals surface area contributed by atoms with Gasteiger partial charge in [-0.25, -0.2) is 21.6 Å². The molecule has 7 nitrogen and oxygen atoms in total. The zero-order valence-corrected chi connectivity index (χ0v) is 22.0. The third-order valence-electron chi connectivity index (χ3n) is 7.30. The van der Waals surface area contributed by atoms with Crippen LogP contribution < -0.4 is 5.32 Å². The highest BCUT2D eigenvalue weighted by molar-refractivity contribution is 7.91. The minimum Gasteiger partial charge on any atom is -0.393 e. The Morgan fingerprint density at radius 2 is 1.71 bits per heavy atom. The van der Waals surface area contributed by atoms with Crippen LogP contribution in [0.5, 0.6) is 0 Å². The van der Waals surface area contributed by atoms with Crippen LogP contribution in [-0.4, -0.2) is 55.2 Å². The van der Waals surface area contributed by atoms with E-state index in [1.807, 2.05) is 0 Å². The lowest BCUT2D eigenvalue weighted by Crippen LogP contribution is -2.46. The van der Waals surface area contributed by atoms with E-state index in [2.05, 4.69) is 5.32 Å². The van der Waals surface area contributed by atoms with Crippen LogP contribution in [0.25, 0.3) is 0 Å². The number of unbranched alkanes of at least 4 members (excludes halogenated alkanes) is 1. The fourth-order valence-electron chi connectivity index (χ4n) is 5.48. The summed E-state index contributed by atoms with van der Waals surface area (Å²) in [5.74, 6) is -5.38. The molecular formula is C26H29ClF3NO6S. The van der Waals surface area contributed by atoms with Gasteiger partial charge < -0.3 is 20.3 Å². The van der Waals surface area contributed by atoms with Gasteiger partial charge in [0.25, 0.3) is 5.91 Å². The SMILES string of the molecule is O=C(Nc1cc(F)c(F)c(F)c1)c1ccc(Cl)c(S(=O)(=O)CCCCO[C@H]2C3CC[C@H]2C[C@](O)(CO)C3)c1. The van der Waals surface area contributed by atoms with Crippen molar-refractivity contribution in [1.29, 1.82) is 0 Å². The monoisotopic (exact) mass is 575 g/mol. The molecule has 0 spiro atoms. The maximum Gasteiger partial charge on any atom is 0.255 e. The normalized spacial score (nSPS) is 24.9. The number of anilines is 1. The molecule has 2 bridgehead atoms. The van der Waals surface area contributed by atoms with E-state index >= 15 is 0 Å². The van der Waals surface area contributed by atoms with Crippen LogP contribution in [0, 0.1) is 29.3 Å². The molecule has 208 valence electrons. The molecule has 38 heavy (non-hydrogen) atoms. The minimum absolute atomic E-state index is 0.00821. The molecule has 4 atom stereocenters. The number of rotatable bonds is 10. The lowest BCUT2D eigenvalue weighted by Gasteiger charge is -2.40. The van der Waals surface area contributed by atoms with Crippen LogP contribution in [0.2, 0.25) is 5.02 Å². The highest BCUT2D eigenvalue weighted by Gasteiger charge is 2.49. The smallest absolute Gasteiger partial charge is 0.255 e. The summed E-state index contributed by atoms with van der Waals surface area (Å²) in [4.78, 5) is 12.3. The number of aliphatic hydroxyl groups is 2. The van der Waals surface area contributed by atoms with E-state index in [-0.39, 0.29) is 57.9 Å². The van der Waals surface area contributed by atoms with Crippen molar-refractivity contribution in [2.45, 2.75) is 55.1 Å². The number of hydrogen-bond acceptors (Lipinski definition) is 6. The van der Waals surface area contributed by atoms with E-state index in [4.69, 9.17) is 16.3 Å². The molecule has 0 aromatic heterocycles. The van der Waals surface area contributed by atoms with Gasteiger partial charge in [-0.15, -0.1) is 0 Å². The Morgan fingerprint density at radius 1 is 1.08 bits per heavy atom. The third-order valence-corrected chi connectivity index (χ3v) is 9.58. The average Bonchev–Trinajstić information content (AvgIpc) is 3.11. The zero-order chi connectivity index (χ0) is 27.7. The molecule has 0 saturated heterocycles. The fraction of sp³-hybridized carbons (Fsp3) is 0.500. The summed E-state index contributed by atoms with van der Waals surface area (Å²) in [7, 11) is -3.87. The molecule has 2 aliphatic carbocycles. The number of ether oxygens (including phenoxy) is 1. The number of hydrogen-bond donors (Lipinski definition) is 3. The molecule has 1 amide bonds. The first-order chi connectivity index (χ1) is 17.9. The second-order valence-corrected chi connectivity index (χ2v) is 12.6. The second-order valence-electron chi connectivity index (χ2n) is 10.1. The minimum atomic E-state index is -3.87. The number of aliphatic hydroxyl groups excluding tert-OH is 1. The first kappa shape index (κ1) is 28.8. The van der Waals surface area contributed by atoms with E-state index in [1.54, 1.807) is 0 Å². The molecule has 12 heteroatoms. The number of carbonyl (C=O) groups excluding carboxylic acids is 1. The molecule has 0 radical (unpaired) electrons. The lowest BCUT2D eigenvalue weighted by atomic mass is 9.76.